The number of fused-ring (bicyclic) bond motifs is 3. The Balaban J connectivity index is 1.57. The van der Waals surface area contributed by atoms with Gasteiger partial charge < -0.3 is 10.4 Å². The van der Waals surface area contributed by atoms with Crippen LogP contribution >= 0.6 is 0 Å². The highest BCUT2D eigenvalue weighted by molar-refractivity contribution is 7.89. The van der Waals surface area contributed by atoms with E-state index in [9.17, 15) is 17.9 Å². The molecular weight excluding hydrogens is 451 g/mol. The molecule has 174 valence electrons. The van der Waals surface area contributed by atoms with E-state index < -0.39 is 16.1 Å². The molecule has 1 saturated heterocycles. The maximum atomic E-state index is 14.0. The number of nitrogens with one attached hydrogen (secondary N) is 1. The average molecular weight is 477 g/mol. The summed E-state index contributed by atoms with van der Waals surface area (Å²) in [5, 5.41) is 13.4. The van der Waals surface area contributed by atoms with Gasteiger partial charge in [-0.1, -0.05) is 36.1 Å². The van der Waals surface area contributed by atoms with Crippen LogP contribution in [-0.4, -0.2) is 37.0 Å². The number of aliphatic hydroxyl groups is 1. The predicted molar refractivity (Wildman–Crippen MR) is 129 cm³/mol. The molecule has 0 radical (unpaired) electrons. The lowest BCUT2D eigenvalue weighted by Gasteiger charge is -2.38. The molecule has 2 aliphatic heterocycles. The van der Waals surface area contributed by atoms with Crippen molar-refractivity contribution in [2.24, 2.45) is 5.92 Å². The Hall–Kier alpha value is -3.18. The van der Waals surface area contributed by atoms with Crippen LogP contribution in [0.4, 0.5) is 10.1 Å². The topological polar surface area (TPSA) is 69.6 Å². The molecule has 3 atom stereocenters. The molecule has 0 amide bonds. The van der Waals surface area contributed by atoms with Crippen molar-refractivity contribution in [1.29, 1.82) is 0 Å². The van der Waals surface area contributed by atoms with Crippen LogP contribution in [0.5, 0.6) is 0 Å². The van der Waals surface area contributed by atoms with Crippen LogP contribution < -0.4 is 5.32 Å². The van der Waals surface area contributed by atoms with E-state index in [0.29, 0.717) is 24.1 Å². The number of aryl methyl sites for hydroxylation is 1. The van der Waals surface area contributed by atoms with Crippen molar-refractivity contribution < 1.29 is 17.9 Å². The molecule has 5 nitrogen and oxygen atoms in total. The SMILES string of the molecule is Cc1cccc(S(=O)(=O)N2CC[C@@H]3[C@@H](CO)Nc4ccc(C#Cc5ccccc5F)cc4[C@@H]32)c1. The number of halogens is 1. The fourth-order valence-corrected chi connectivity index (χ4v) is 6.75. The van der Waals surface area contributed by atoms with Gasteiger partial charge in [-0.15, -0.1) is 0 Å². The van der Waals surface area contributed by atoms with Gasteiger partial charge in [-0.2, -0.15) is 4.31 Å². The van der Waals surface area contributed by atoms with Crippen LogP contribution in [-0.2, 0) is 10.0 Å². The smallest absolute Gasteiger partial charge is 0.243 e. The van der Waals surface area contributed by atoms with Gasteiger partial charge in [0.25, 0.3) is 0 Å². The van der Waals surface area contributed by atoms with Crippen LogP contribution in [0.3, 0.4) is 0 Å². The third-order valence-corrected chi connectivity index (χ3v) is 8.51. The first-order chi connectivity index (χ1) is 16.4. The molecule has 0 unspecified atom stereocenters. The molecule has 2 aliphatic rings. The summed E-state index contributed by atoms with van der Waals surface area (Å²) in [6.07, 6.45) is 0.637. The summed E-state index contributed by atoms with van der Waals surface area (Å²) in [6, 6.07) is 18.2. The van der Waals surface area contributed by atoms with Crippen LogP contribution in [0.1, 0.15) is 34.7 Å². The highest BCUT2D eigenvalue weighted by Crippen LogP contribution is 2.48. The average Bonchev–Trinajstić information content (AvgIpc) is 3.29. The van der Waals surface area contributed by atoms with Gasteiger partial charge in [0, 0.05) is 23.7 Å². The van der Waals surface area contributed by atoms with Crippen molar-refractivity contribution in [2.45, 2.75) is 30.3 Å². The zero-order valence-corrected chi connectivity index (χ0v) is 19.5. The number of sulfonamides is 1. The molecule has 3 aromatic carbocycles. The zero-order valence-electron chi connectivity index (χ0n) is 18.7. The highest BCUT2D eigenvalue weighted by Gasteiger charge is 2.48. The first-order valence-electron chi connectivity index (χ1n) is 11.2. The Bertz CT molecular complexity index is 1410. The van der Waals surface area contributed by atoms with Crippen molar-refractivity contribution in [1.82, 2.24) is 4.31 Å². The van der Waals surface area contributed by atoms with Gasteiger partial charge in [0.1, 0.15) is 5.82 Å². The number of rotatable bonds is 3. The number of hydrogen-bond acceptors (Lipinski definition) is 4. The quantitative estimate of drug-likeness (QED) is 0.559. The lowest BCUT2D eigenvalue weighted by molar-refractivity contribution is 0.210. The minimum atomic E-state index is -3.74. The molecule has 3 aromatic rings. The summed E-state index contributed by atoms with van der Waals surface area (Å²) in [5.74, 6) is 5.43. The van der Waals surface area contributed by atoms with Gasteiger partial charge in [0.15, 0.2) is 0 Å². The minimum absolute atomic E-state index is 0.0770. The van der Waals surface area contributed by atoms with Crippen molar-refractivity contribution in [3.8, 4) is 11.8 Å². The largest absolute Gasteiger partial charge is 0.394 e. The Morgan fingerprint density at radius 2 is 1.91 bits per heavy atom. The Labute approximate surface area is 199 Å². The summed E-state index contributed by atoms with van der Waals surface area (Å²) < 4.78 is 42.9. The Kier molecular flexibility index (Phi) is 5.90. The second-order valence-electron chi connectivity index (χ2n) is 8.79. The monoisotopic (exact) mass is 476 g/mol. The minimum Gasteiger partial charge on any atom is -0.394 e. The van der Waals surface area contributed by atoms with Gasteiger partial charge in [-0.25, -0.2) is 12.8 Å². The van der Waals surface area contributed by atoms with Crippen LogP contribution in [0.15, 0.2) is 71.6 Å². The van der Waals surface area contributed by atoms with Crippen molar-refractivity contribution in [2.75, 3.05) is 18.5 Å². The molecule has 7 heteroatoms. The zero-order chi connectivity index (χ0) is 23.9. The van der Waals surface area contributed by atoms with E-state index in [1.807, 2.05) is 31.2 Å². The van der Waals surface area contributed by atoms with E-state index >= 15 is 0 Å². The second kappa shape index (κ2) is 8.88. The first kappa shape index (κ1) is 22.6. The van der Waals surface area contributed by atoms with E-state index in [0.717, 1.165) is 16.8 Å². The summed E-state index contributed by atoms with van der Waals surface area (Å²) in [7, 11) is -3.74. The summed E-state index contributed by atoms with van der Waals surface area (Å²) >= 11 is 0. The summed E-state index contributed by atoms with van der Waals surface area (Å²) in [6.45, 7) is 2.15. The Morgan fingerprint density at radius 3 is 2.68 bits per heavy atom. The van der Waals surface area contributed by atoms with Crippen LogP contribution in [0.25, 0.3) is 0 Å². The summed E-state index contributed by atoms with van der Waals surface area (Å²) in [5.41, 5.74) is 3.46. The molecule has 1 fully saturated rings. The first-order valence-corrected chi connectivity index (χ1v) is 12.7. The molecule has 2 heterocycles. The van der Waals surface area contributed by atoms with Gasteiger partial charge >= 0.3 is 0 Å². The molecule has 5 rings (SSSR count). The standard InChI is InChI=1S/C27H25FN2O3S/c1-18-5-4-7-21(15-18)34(32,33)30-14-13-22-26(17-31)29-25-12-10-19(16-23(25)27(22)30)9-11-20-6-2-3-8-24(20)28/h2-8,10,12,15-16,22,26-27,29,31H,13-14,17H2,1H3/t22-,26-,27-/m1/s1. The third kappa shape index (κ3) is 3.98. The maximum Gasteiger partial charge on any atom is 0.243 e. The molecule has 0 aromatic heterocycles. The lowest BCUT2D eigenvalue weighted by atomic mass is 9.83. The van der Waals surface area contributed by atoms with Crippen molar-refractivity contribution >= 4 is 15.7 Å². The van der Waals surface area contributed by atoms with Crippen LogP contribution in [0.2, 0.25) is 0 Å². The molecular formula is C27H25FN2O3S. The van der Waals surface area contributed by atoms with Crippen LogP contribution in [0, 0.1) is 30.5 Å². The van der Waals surface area contributed by atoms with E-state index in [2.05, 4.69) is 17.2 Å². The van der Waals surface area contributed by atoms with Gasteiger partial charge in [0.05, 0.1) is 29.1 Å². The molecule has 0 aliphatic carbocycles. The number of nitrogens with zero attached hydrogens (tertiary/aromatic N) is 1. The molecule has 0 bridgehead atoms. The number of benzene rings is 3. The molecule has 0 saturated carbocycles. The van der Waals surface area contributed by atoms with E-state index in [1.165, 1.54) is 6.07 Å². The van der Waals surface area contributed by atoms with E-state index in [-0.39, 0.29) is 29.3 Å². The van der Waals surface area contributed by atoms with Gasteiger partial charge in [0.2, 0.25) is 10.0 Å². The number of anilines is 1. The summed E-state index contributed by atoms with van der Waals surface area (Å²) in [4.78, 5) is 0.268. The van der Waals surface area contributed by atoms with Crippen molar-refractivity contribution in [3.63, 3.8) is 0 Å². The fourth-order valence-electron chi connectivity index (χ4n) is 4.98. The normalized spacial score (nSPS) is 21.7. The van der Waals surface area contributed by atoms with E-state index in [1.54, 1.807) is 40.7 Å². The second-order valence-corrected chi connectivity index (χ2v) is 10.7. The van der Waals surface area contributed by atoms with Gasteiger partial charge in [-0.3, -0.25) is 0 Å². The number of aliphatic hydroxyl groups excluding tert-OH is 1. The lowest BCUT2D eigenvalue weighted by Crippen LogP contribution is -2.42. The fraction of sp³-hybridized carbons (Fsp3) is 0.259. The van der Waals surface area contributed by atoms with Crippen molar-refractivity contribution in [3.05, 3.63) is 94.8 Å². The molecule has 2 N–H and O–H groups in total. The number of hydrogen-bond donors (Lipinski definition) is 2. The highest BCUT2D eigenvalue weighted by atomic mass is 32.2. The predicted octanol–water partition coefficient (Wildman–Crippen LogP) is 4.07. The Morgan fingerprint density at radius 1 is 1.09 bits per heavy atom. The van der Waals surface area contributed by atoms with Gasteiger partial charge in [-0.05, 0) is 66.9 Å². The molecule has 0 spiro atoms. The molecule has 34 heavy (non-hydrogen) atoms. The third-order valence-electron chi connectivity index (χ3n) is 6.63. The van der Waals surface area contributed by atoms with E-state index in [4.69, 9.17) is 0 Å². The maximum absolute atomic E-state index is 14.0.